The molecule has 1 N–H and O–H groups in total. The molecule has 0 aliphatic rings. The number of hydrogen-bond donors (Lipinski definition) is 1. The van der Waals surface area contributed by atoms with Crippen molar-refractivity contribution in [2.75, 3.05) is 13.1 Å². The molecule has 0 radical (unpaired) electrons. The minimum absolute atomic E-state index is 0.187. The van der Waals surface area contributed by atoms with Crippen molar-refractivity contribution in [3.63, 3.8) is 0 Å². The fourth-order valence-corrected chi connectivity index (χ4v) is 2.37. The highest BCUT2D eigenvalue weighted by atomic mass is 35.5. The predicted octanol–water partition coefficient (Wildman–Crippen LogP) is 2.70. The molecule has 0 atom stereocenters. The molecule has 84 valence electrons. The summed E-state index contributed by atoms with van der Waals surface area (Å²) in [7, 11) is 0. The zero-order valence-corrected chi connectivity index (χ0v) is 10.1. The van der Waals surface area contributed by atoms with Crippen LogP contribution in [0.15, 0.2) is 11.4 Å². The Morgan fingerprint density at radius 1 is 1.67 bits per heavy atom. The fourth-order valence-electron chi connectivity index (χ4n) is 1.26. The Kier molecular flexibility index (Phi) is 5.08. The molecular formula is C10H14ClNO2S. The highest BCUT2D eigenvalue weighted by Gasteiger charge is 2.07. The summed E-state index contributed by atoms with van der Waals surface area (Å²) in [4.78, 5) is 13.7. The van der Waals surface area contributed by atoms with Gasteiger partial charge in [-0.1, -0.05) is 18.5 Å². The molecule has 0 saturated heterocycles. The quantitative estimate of drug-likeness (QED) is 0.840. The van der Waals surface area contributed by atoms with E-state index in [-0.39, 0.29) is 6.42 Å². The van der Waals surface area contributed by atoms with Crippen LogP contribution in [0.25, 0.3) is 0 Å². The van der Waals surface area contributed by atoms with Crippen molar-refractivity contribution in [2.24, 2.45) is 0 Å². The molecule has 0 aliphatic carbocycles. The van der Waals surface area contributed by atoms with Gasteiger partial charge in [-0.3, -0.25) is 9.69 Å². The van der Waals surface area contributed by atoms with Crippen LogP contribution in [0.2, 0.25) is 5.02 Å². The van der Waals surface area contributed by atoms with Crippen molar-refractivity contribution in [3.05, 3.63) is 21.3 Å². The molecule has 0 bridgehead atoms. The molecule has 0 spiro atoms. The third-order valence-corrected chi connectivity index (χ3v) is 3.36. The maximum atomic E-state index is 10.4. The van der Waals surface area contributed by atoms with Crippen LogP contribution in [0.3, 0.4) is 0 Å². The summed E-state index contributed by atoms with van der Waals surface area (Å²) in [6.45, 7) is 4.24. The smallest absolute Gasteiger partial charge is 0.304 e. The second-order valence-corrected chi connectivity index (χ2v) is 4.68. The average Bonchev–Trinajstić information content (AvgIpc) is 2.58. The molecule has 1 rings (SSSR count). The largest absolute Gasteiger partial charge is 0.481 e. The number of rotatable bonds is 6. The highest BCUT2D eigenvalue weighted by molar-refractivity contribution is 7.10. The molecular weight excluding hydrogens is 234 g/mol. The van der Waals surface area contributed by atoms with Gasteiger partial charge in [0.1, 0.15) is 0 Å². The van der Waals surface area contributed by atoms with E-state index in [0.717, 1.165) is 18.1 Å². The maximum Gasteiger partial charge on any atom is 0.304 e. The highest BCUT2D eigenvalue weighted by Crippen LogP contribution is 2.20. The van der Waals surface area contributed by atoms with Crippen molar-refractivity contribution >= 4 is 28.9 Å². The number of thiophene rings is 1. The number of nitrogens with zero attached hydrogens (tertiary/aromatic N) is 1. The van der Waals surface area contributed by atoms with Crippen LogP contribution < -0.4 is 0 Å². The Morgan fingerprint density at radius 2 is 2.40 bits per heavy atom. The van der Waals surface area contributed by atoms with Crippen LogP contribution in [-0.4, -0.2) is 29.1 Å². The number of aliphatic carboxylic acids is 1. The Labute approximate surface area is 98.3 Å². The van der Waals surface area contributed by atoms with Gasteiger partial charge in [-0.15, -0.1) is 11.3 Å². The van der Waals surface area contributed by atoms with Gasteiger partial charge in [0.25, 0.3) is 0 Å². The fraction of sp³-hybridized carbons (Fsp3) is 0.500. The van der Waals surface area contributed by atoms with Crippen LogP contribution in [0.5, 0.6) is 0 Å². The van der Waals surface area contributed by atoms with E-state index in [1.807, 2.05) is 18.4 Å². The van der Waals surface area contributed by atoms with Crippen molar-refractivity contribution in [3.8, 4) is 0 Å². The number of carboxylic acid groups (broad SMARTS) is 1. The summed E-state index contributed by atoms with van der Waals surface area (Å²) >= 11 is 7.42. The number of halogens is 1. The van der Waals surface area contributed by atoms with Crippen LogP contribution in [0.4, 0.5) is 0 Å². The number of carbonyl (C=O) groups is 1. The van der Waals surface area contributed by atoms with E-state index < -0.39 is 5.97 Å². The summed E-state index contributed by atoms with van der Waals surface area (Å²) in [5, 5.41) is 11.2. The molecule has 3 nitrogen and oxygen atoms in total. The van der Waals surface area contributed by atoms with Crippen LogP contribution in [0, 0.1) is 0 Å². The summed E-state index contributed by atoms with van der Waals surface area (Å²) in [5.74, 6) is -0.752. The molecule has 0 saturated carbocycles. The third kappa shape index (κ3) is 4.64. The lowest BCUT2D eigenvalue weighted by atomic mass is 10.3. The van der Waals surface area contributed by atoms with Gasteiger partial charge < -0.3 is 5.11 Å². The standard InChI is InChI=1S/C10H14ClNO2S/c1-2-12(4-3-10(13)14)6-9-5-8(11)7-15-9/h5,7H,2-4,6H2,1H3,(H,13,14). The molecule has 1 aromatic rings. The van der Waals surface area contributed by atoms with Gasteiger partial charge >= 0.3 is 5.97 Å². The third-order valence-electron chi connectivity index (χ3n) is 2.09. The van der Waals surface area contributed by atoms with E-state index in [1.54, 1.807) is 11.3 Å². The maximum absolute atomic E-state index is 10.4. The molecule has 0 aromatic carbocycles. The second-order valence-electron chi connectivity index (χ2n) is 3.24. The monoisotopic (exact) mass is 247 g/mol. The molecule has 0 amide bonds. The minimum atomic E-state index is -0.752. The Morgan fingerprint density at radius 3 is 2.87 bits per heavy atom. The minimum Gasteiger partial charge on any atom is -0.481 e. The Hall–Kier alpha value is -0.580. The lowest BCUT2D eigenvalue weighted by molar-refractivity contribution is -0.137. The van der Waals surface area contributed by atoms with E-state index >= 15 is 0 Å². The van der Waals surface area contributed by atoms with E-state index in [9.17, 15) is 4.79 Å². The van der Waals surface area contributed by atoms with E-state index in [2.05, 4.69) is 4.90 Å². The molecule has 15 heavy (non-hydrogen) atoms. The normalized spacial score (nSPS) is 10.9. The van der Waals surface area contributed by atoms with Crippen LogP contribution >= 0.6 is 22.9 Å². The first-order valence-electron chi connectivity index (χ1n) is 4.79. The predicted molar refractivity (Wildman–Crippen MR) is 62.5 cm³/mol. The zero-order valence-electron chi connectivity index (χ0n) is 8.57. The lowest BCUT2D eigenvalue weighted by Crippen LogP contribution is -2.25. The van der Waals surface area contributed by atoms with Crippen molar-refractivity contribution in [2.45, 2.75) is 19.9 Å². The summed E-state index contributed by atoms with van der Waals surface area (Å²) < 4.78 is 0. The van der Waals surface area contributed by atoms with Crippen molar-refractivity contribution in [1.29, 1.82) is 0 Å². The molecule has 0 unspecified atom stereocenters. The number of hydrogen-bond acceptors (Lipinski definition) is 3. The zero-order chi connectivity index (χ0) is 11.3. The summed E-state index contributed by atoms with van der Waals surface area (Å²) in [6, 6.07) is 1.93. The first-order valence-corrected chi connectivity index (χ1v) is 6.04. The van der Waals surface area contributed by atoms with E-state index in [4.69, 9.17) is 16.7 Å². The topological polar surface area (TPSA) is 40.5 Å². The Bertz CT molecular complexity index is 327. The van der Waals surface area contributed by atoms with Gasteiger partial charge in [-0.2, -0.15) is 0 Å². The summed E-state index contributed by atoms with van der Waals surface area (Å²) in [5.41, 5.74) is 0. The second kappa shape index (κ2) is 6.10. The van der Waals surface area contributed by atoms with E-state index in [1.165, 1.54) is 4.88 Å². The van der Waals surface area contributed by atoms with Gasteiger partial charge in [-0.05, 0) is 12.6 Å². The van der Waals surface area contributed by atoms with Gasteiger partial charge in [-0.25, -0.2) is 0 Å². The first-order chi connectivity index (χ1) is 7.11. The van der Waals surface area contributed by atoms with Gasteiger partial charge in [0.05, 0.1) is 11.4 Å². The number of carboxylic acids is 1. The van der Waals surface area contributed by atoms with Crippen LogP contribution in [0.1, 0.15) is 18.2 Å². The molecule has 0 fully saturated rings. The lowest BCUT2D eigenvalue weighted by Gasteiger charge is -2.18. The van der Waals surface area contributed by atoms with Gasteiger partial charge in [0, 0.05) is 23.3 Å². The average molecular weight is 248 g/mol. The summed E-state index contributed by atoms with van der Waals surface area (Å²) in [6.07, 6.45) is 0.187. The first kappa shape index (κ1) is 12.5. The van der Waals surface area contributed by atoms with Crippen LogP contribution in [-0.2, 0) is 11.3 Å². The van der Waals surface area contributed by atoms with E-state index in [0.29, 0.717) is 6.54 Å². The van der Waals surface area contributed by atoms with Crippen molar-refractivity contribution < 1.29 is 9.90 Å². The SMILES string of the molecule is CCN(CCC(=O)O)Cc1cc(Cl)cs1. The molecule has 0 aliphatic heterocycles. The van der Waals surface area contributed by atoms with Crippen molar-refractivity contribution in [1.82, 2.24) is 4.90 Å². The molecule has 5 heteroatoms. The molecule has 1 heterocycles. The van der Waals surface area contributed by atoms with Gasteiger partial charge in [0.2, 0.25) is 0 Å². The Balaban J connectivity index is 2.42. The molecule has 1 aromatic heterocycles. The van der Waals surface area contributed by atoms with Gasteiger partial charge in [0.15, 0.2) is 0 Å².